The number of aromatic nitrogens is 1. The van der Waals surface area contributed by atoms with Gasteiger partial charge in [0.15, 0.2) is 5.76 Å². The lowest BCUT2D eigenvalue weighted by Gasteiger charge is -2.18. The molecule has 3 rings (SSSR count). The zero-order valence-corrected chi connectivity index (χ0v) is 13.9. The molecule has 5 heteroatoms. The van der Waals surface area contributed by atoms with Gasteiger partial charge in [0.05, 0.1) is 12.7 Å². The molecule has 0 spiro atoms. The minimum Gasteiger partial charge on any atom is -0.439 e. The first-order chi connectivity index (χ1) is 12.3. The fraction of sp³-hybridized carbons (Fsp3) is 0.250. The zero-order chi connectivity index (χ0) is 17.5. The number of aliphatic hydroxyl groups excluding tert-OH is 1. The SMILES string of the molecule is OCCCC(NCc1ncc(-c2cccc(F)c2)o1)c1ccccc1. The molecule has 0 amide bonds. The number of hydrogen-bond donors (Lipinski definition) is 2. The van der Waals surface area contributed by atoms with E-state index in [4.69, 9.17) is 9.52 Å². The van der Waals surface area contributed by atoms with Crippen molar-refractivity contribution in [2.45, 2.75) is 25.4 Å². The van der Waals surface area contributed by atoms with E-state index in [1.165, 1.54) is 12.1 Å². The molecule has 1 heterocycles. The topological polar surface area (TPSA) is 58.3 Å². The van der Waals surface area contributed by atoms with Crippen molar-refractivity contribution in [1.82, 2.24) is 10.3 Å². The molecule has 25 heavy (non-hydrogen) atoms. The van der Waals surface area contributed by atoms with Gasteiger partial charge in [0, 0.05) is 18.2 Å². The quantitative estimate of drug-likeness (QED) is 0.649. The molecule has 1 aromatic heterocycles. The van der Waals surface area contributed by atoms with Crippen LogP contribution >= 0.6 is 0 Å². The molecule has 0 saturated heterocycles. The summed E-state index contributed by atoms with van der Waals surface area (Å²) < 4.78 is 19.1. The molecule has 130 valence electrons. The molecule has 0 radical (unpaired) electrons. The van der Waals surface area contributed by atoms with Crippen molar-refractivity contribution in [3.63, 3.8) is 0 Å². The maximum atomic E-state index is 13.3. The van der Waals surface area contributed by atoms with Gasteiger partial charge in [-0.3, -0.25) is 0 Å². The van der Waals surface area contributed by atoms with Crippen molar-refractivity contribution >= 4 is 0 Å². The van der Waals surface area contributed by atoms with Gasteiger partial charge in [-0.15, -0.1) is 0 Å². The normalized spacial score (nSPS) is 12.2. The van der Waals surface area contributed by atoms with Crippen molar-refractivity contribution in [1.29, 1.82) is 0 Å². The van der Waals surface area contributed by atoms with Crippen molar-refractivity contribution in [2.75, 3.05) is 6.61 Å². The highest BCUT2D eigenvalue weighted by Crippen LogP contribution is 2.22. The Kier molecular flexibility index (Phi) is 5.93. The maximum absolute atomic E-state index is 13.3. The number of nitrogens with one attached hydrogen (secondary N) is 1. The van der Waals surface area contributed by atoms with Gasteiger partial charge in [-0.25, -0.2) is 9.37 Å². The average Bonchev–Trinajstić information content (AvgIpc) is 3.12. The number of nitrogens with zero attached hydrogens (tertiary/aromatic N) is 1. The molecule has 0 bridgehead atoms. The summed E-state index contributed by atoms with van der Waals surface area (Å²) in [6.45, 7) is 0.619. The van der Waals surface area contributed by atoms with Crippen LogP contribution in [0.1, 0.15) is 30.3 Å². The van der Waals surface area contributed by atoms with Crippen LogP contribution in [0.4, 0.5) is 4.39 Å². The molecular formula is C20H21FN2O2. The van der Waals surface area contributed by atoms with Crippen molar-refractivity contribution in [3.8, 4) is 11.3 Å². The molecule has 0 fully saturated rings. The Morgan fingerprint density at radius 1 is 1.12 bits per heavy atom. The molecule has 0 saturated carbocycles. The maximum Gasteiger partial charge on any atom is 0.208 e. The van der Waals surface area contributed by atoms with Crippen LogP contribution in [0.5, 0.6) is 0 Å². The molecular weight excluding hydrogens is 319 g/mol. The van der Waals surface area contributed by atoms with Gasteiger partial charge in [0.1, 0.15) is 5.82 Å². The Morgan fingerprint density at radius 3 is 2.72 bits per heavy atom. The predicted octanol–water partition coefficient (Wildman–Crippen LogP) is 4.08. The molecule has 3 aromatic rings. The third-order valence-corrected chi connectivity index (χ3v) is 4.02. The fourth-order valence-electron chi connectivity index (χ4n) is 2.75. The first-order valence-corrected chi connectivity index (χ1v) is 8.36. The molecule has 0 aliphatic rings. The largest absolute Gasteiger partial charge is 0.439 e. The Morgan fingerprint density at radius 2 is 1.96 bits per heavy atom. The van der Waals surface area contributed by atoms with E-state index in [-0.39, 0.29) is 18.5 Å². The summed E-state index contributed by atoms with van der Waals surface area (Å²) in [4.78, 5) is 4.27. The zero-order valence-electron chi connectivity index (χ0n) is 13.9. The van der Waals surface area contributed by atoms with Crippen LogP contribution < -0.4 is 5.32 Å². The van der Waals surface area contributed by atoms with E-state index in [9.17, 15) is 4.39 Å². The van der Waals surface area contributed by atoms with Crippen molar-refractivity contribution in [3.05, 3.63) is 78.1 Å². The second-order valence-electron chi connectivity index (χ2n) is 5.84. The summed E-state index contributed by atoms with van der Waals surface area (Å²) in [7, 11) is 0. The Bertz CT molecular complexity index is 789. The van der Waals surface area contributed by atoms with Gasteiger partial charge < -0.3 is 14.8 Å². The summed E-state index contributed by atoms with van der Waals surface area (Å²) in [5.41, 5.74) is 1.83. The van der Waals surface area contributed by atoms with Crippen LogP contribution in [0.15, 0.2) is 65.2 Å². The van der Waals surface area contributed by atoms with Crippen LogP contribution in [-0.2, 0) is 6.54 Å². The van der Waals surface area contributed by atoms with Gasteiger partial charge in [-0.05, 0) is 30.5 Å². The van der Waals surface area contributed by atoms with Gasteiger partial charge >= 0.3 is 0 Å². The average molecular weight is 340 g/mol. The summed E-state index contributed by atoms with van der Waals surface area (Å²) >= 11 is 0. The van der Waals surface area contributed by atoms with E-state index in [2.05, 4.69) is 22.4 Å². The van der Waals surface area contributed by atoms with Crippen LogP contribution in [0.3, 0.4) is 0 Å². The highest BCUT2D eigenvalue weighted by Gasteiger charge is 2.13. The Hall–Kier alpha value is -2.50. The smallest absolute Gasteiger partial charge is 0.208 e. The predicted molar refractivity (Wildman–Crippen MR) is 94.2 cm³/mol. The molecule has 0 aliphatic heterocycles. The first-order valence-electron chi connectivity index (χ1n) is 8.36. The number of halogens is 1. The second-order valence-corrected chi connectivity index (χ2v) is 5.84. The van der Waals surface area contributed by atoms with Crippen molar-refractivity contribution in [2.24, 2.45) is 0 Å². The molecule has 1 unspecified atom stereocenters. The number of oxazole rings is 1. The van der Waals surface area contributed by atoms with Crippen LogP contribution in [0.2, 0.25) is 0 Å². The van der Waals surface area contributed by atoms with E-state index in [0.717, 1.165) is 12.0 Å². The lowest BCUT2D eigenvalue weighted by Crippen LogP contribution is -2.21. The first kappa shape index (κ1) is 17.3. The standard InChI is InChI=1S/C20H21FN2O2/c21-17-9-4-8-16(12-17)19-13-23-20(25-19)14-22-18(10-5-11-24)15-6-2-1-3-7-15/h1-4,6-9,12-13,18,22,24H,5,10-11,14H2. The van der Waals surface area contributed by atoms with E-state index >= 15 is 0 Å². The monoisotopic (exact) mass is 340 g/mol. The van der Waals surface area contributed by atoms with Gasteiger partial charge in [-0.2, -0.15) is 0 Å². The van der Waals surface area contributed by atoms with Gasteiger partial charge in [-0.1, -0.05) is 42.5 Å². The molecule has 0 aliphatic carbocycles. The van der Waals surface area contributed by atoms with Crippen molar-refractivity contribution < 1.29 is 13.9 Å². The molecule has 2 N–H and O–H groups in total. The lowest BCUT2D eigenvalue weighted by molar-refractivity contribution is 0.274. The third-order valence-electron chi connectivity index (χ3n) is 4.02. The van der Waals surface area contributed by atoms with E-state index < -0.39 is 0 Å². The van der Waals surface area contributed by atoms with Crippen LogP contribution in [-0.4, -0.2) is 16.7 Å². The second kappa shape index (κ2) is 8.55. The number of benzene rings is 2. The van der Waals surface area contributed by atoms with E-state index in [1.807, 2.05) is 18.2 Å². The minimum atomic E-state index is -0.304. The number of aliphatic hydroxyl groups is 1. The fourth-order valence-corrected chi connectivity index (χ4v) is 2.75. The molecule has 1 atom stereocenters. The highest BCUT2D eigenvalue weighted by atomic mass is 19.1. The van der Waals surface area contributed by atoms with E-state index in [1.54, 1.807) is 18.3 Å². The van der Waals surface area contributed by atoms with E-state index in [0.29, 0.717) is 30.2 Å². The number of hydrogen-bond acceptors (Lipinski definition) is 4. The summed E-state index contributed by atoms with van der Waals surface area (Å²) in [5, 5.41) is 12.5. The Balaban J connectivity index is 1.67. The summed E-state index contributed by atoms with van der Waals surface area (Å²) in [6.07, 6.45) is 3.14. The summed E-state index contributed by atoms with van der Waals surface area (Å²) in [6, 6.07) is 16.4. The molecule has 2 aromatic carbocycles. The van der Waals surface area contributed by atoms with Crippen LogP contribution in [0.25, 0.3) is 11.3 Å². The minimum absolute atomic E-state index is 0.109. The Labute approximate surface area is 146 Å². The summed E-state index contributed by atoms with van der Waals surface area (Å²) in [5.74, 6) is 0.786. The van der Waals surface area contributed by atoms with Gasteiger partial charge in [0.25, 0.3) is 0 Å². The third kappa shape index (κ3) is 4.75. The molecule has 4 nitrogen and oxygen atoms in total. The number of rotatable bonds is 8. The highest BCUT2D eigenvalue weighted by molar-refractivity contribution is 5.56. The lowest BCUT2D eigenvalue weighted by atomic mass is 10.0. The van der Waals surface area contributed by atoms with Crippen LogP contribution in [0, 0.1) is 5.82 Å². The van der Waals surface area contributed by atoms with Gasteiger partial charge in [0.2, 0.25) is 5.89 Å².